The summed E-state index contributed by atoms with van der Waals surface area (Å²) in [5, 5.41) is 9.51. The van der Waals surface area contributed by atoms with Gasteiger partial charge in [0.1, 0.15) is 0 Å². The molecule has 0 radical (unpaired) electrons. The average Bonchev–Trinajstić information content (AvgIpc) is 2.03. The van der Waals surface area contributed by atoms with E-state index in [1.54, 1.807) is 0 Å². The van der Waals surface area contributed by atoms with Gasteiger partial charge in [-0.05, 0) is 31.1 Å². The lowest BCUT2D eigenvalue weighted by Crippen LogP contribution is -2.25. The van der Waals surface area contributed by atoms with Gasteiger partial charge in [-0.25, -0.2) is 0 Å². The lowest BCUT2D eigenvalue weighted by atomic mass is 9.77. The van der Waals surface area contributed by atoms with Gasteiger partial charge in [-0.15, -0.1) is 0 Å². The predicted octanol–water partition coefficient (Wildman–Crippen LogP) is 2.58. The monoisotopic (exact) mass is 156 g/mol. The zero-order valence-electron chi connectivity index (χ0n) is 7.71. The van der Waals surface area contributed by atoms with E-state index in [1.807, 2.05) is 0 Å². The van der Waals surface area contributed by atoms with Crippen molar-refractivity contribution in [3.05, 3.63) is 0 Å². The standard InChI is InChI=1S/C10H20O/c1-3-8-5-9(4-2)7-10(11)6-8/h8-11H,3-7H2,1-2H3/t8-,9+,10+. The average molecular weight is 156 g/mol. The first kappa shape index (κ1) is 9.05. The molecule has 0 heterocycles. The molecule has 1 saturated carbocycles. The summed E-state index contributed by atoms with van der Waals surface area (Å²) >= 11 is 0. The number of hydrogen-bond donors (Lipinski definition) is 1. The molecular weight excluding hydrogens is 136 g/mol. The van der Waals surface area contributed by atoms with E-state index in [2.05, 4.69) is 13.8 Å². The van der Waals surface area contributed by atoms with Crippen molar-refractivity contribution in [3.63, 3.8) is 0 Å². The van der Waals surface area contributed by atoms with Gasteiger partial charge in [0.2, 0.25) is 0 Å². The van der Waals surface area contributed by atoms with Gasteiger partial charge in [-0.1, -0.05) is 26.7 Å². The molecular formula is C10H20O. The molecule has 0 unspecified atom stereocenters. The highest BCUT2D eigenvalue weighted by Crippen LogP contribution is 2.32. The van der Waals surface area contributed by atoms with Crippen LogP contribution < -0.4 is 0 Å². The van der Waals surface area contributed by atoms with Crippen molar-refractivity contribution in [2.75, 3.05) is 0 Å². The molecule has 0 amide bonds. The molecule has 1 heteroatoms. The molecule has 1 aliphatic carbocycles. The van der Waals surface area contributed by atoms with E-state index in [4.69, 9.17) is 0 Å². The third-order valence-electron chi connectivity index (χ3n) is 3.03. The molecule has 1 nitrogen and oxygen atoms in total. The van der Waals surface area contributed by atoms with Crippen LogP contribution in [0.1, 0.15) is 46.0 Å². The van der Waals surface area contributed by atoms with E-state index < -0.39 is 0 Å². The van der Waals surface area contributed by atoms with Gasteiger partial charge < -0.3 is 5.11 Å². The highest BCUT2D eigenvalue weighted by Gasteiger charge is 2.25. The minimum atomic E-state index is -0.00125. The summed E-state index contributed by atoms with van der Waals surface area (Å²) in [6, 6.07) is 0. The molecule has 0 bridgehead atoms. The van der Waals surface area contributed by atoms with Crippen molar-refractivity contribution in [2.45, 2.75) is 52.1 Å². The Kier molecular flexibility index (Phi) is 3.38. The number of aliphatic hydroxyl groups is 1. The van der Waals surface area contributed by atoms with Crippen LogP contribution in [-0.2, 0) is 0 Å². The summed E-state index contributed by atoms with van der Waals surface area (Å²) in [6.07, 6.45) is 5.93. The minimum Gasteiger partial charge on any atom is -0.393 e. The fourth-order valence-electron chi connectivity index (χ4n) is 2.20. The van der Waals surface area contributed by atoms with Crippen molar-refractivity contribution < 1.29 is 5.11 Å². The van der Waals surface area contributed by atoms with Gasteiger partial charge in [-0.3, -0.25) is 0 Å². The van der Waals surface area contributed by atoms with Gasteiger partial charge in [0.05, 0.1) is 6.10 Å². The molecule has 1 aliphatic rings. The summed E-state index contributed by atoms with van der Waals surface area (Å²) in [5.41, 5.74) is 0. The molecule has 0 aliphatic heterocycles. The highest BCUT2D eigenvalue weighted by molar-refractivity contribution is 4.76. The second-order valence-electron chi connectivity index (χ2n) is 3.91. The Labute approximate surface area is 69.8 Å². The van der Waals surface area contributed by atoms with Crippen molar-refractivity contribution in [3.8, 4) is 0 Å². The van der Waals surface area contributed by atoms with Crippen molar-refractivity contribution >= 4 is 0 Å². The summed E-state index contributed by atoms with van der Waals surface area (Å²) in [5.74, 6) is 1.59. The fourth-order valence-corrected chi connectivity index (χ4v) is 2.20. The van der Waals surface area contributed by atoms with Crippen LogP contribution in [0.3, 0.4) is 0 Å². The highest BCUT2D eigenvalue weighted by atomic mass is 16.3. The summed E-state index contributed by atoms with van der Waals surface area (Å²) in [4.78, 5) is 0. The SMILES string of the molecule is CC[C@@H]1C[C@@H](O)C[C@H](CC)C1. The molecule has 66 valence electrons. The van der Waals surface area contributed by atoms with E-state index in [-0.39, 0.29) is 6.10 Å². The largest absolute Gasteiger partial charge is 0.393 e. The molecule has 0 aromatic rings. The van der Waals surface area contributed by atoms with Crippen LogP contribution >= 0.6 is 0 Å². The minimum absolute atomic E-state index is 0.00125. The molecule has 1 rings (SSSR count). The Bertz CT molecular complexity index is 99.4. The maximum Gasteiger partial charge on any atom is 0.0545 e. The Balaban J connectivity index is 2.37. The molecule has 0 spiro atoms. The number of rotatable bonds is 2. The summed E-state index contributed by atoms with van der Waals surface area (Å²) in [7, 11) is 0. The first-order valence-corrected chi connectivity index (χ1v) is 4.94. The van der Waals surface area contributed by atoms with E-state index in [0.29, 0.717) is 0 Å². The maximum absolute atomic E-state index is 9.51. The van der Waals surface area contributed by atoms with Crippen molar-refractivity contribution in [2.24, 2.45) is 11.8 Å². The zero-order valence-corrected chi connectivity index (χ0v) is 7.71. The molecule has 0 aromatic heterocycles. The van der Waals surface area contributed by atoms with E-state index in [1.165, 1.54) is 19.3 Å². The van der Waals surface area contributed by atoms with E-state index in [9.17, 15) is 5.11 Å². The third-order valence-corrected chi connectivity index (χ3v) is 3.03. The predicted molar refractivity (Wildman–Crippen MR) is 47.4 cm³/mol. The molecule has 11 heavy (non-hydrogen) atoms. The van der Waals surface area contributed by atoms with Crippen LogP contribution in [0.5, 0.6) is 0 Å². The Morgan fingerprint density at radius 3 is 1.82 bits per heavy atom. The lowest BCUT2D eigenvalue weighted by molar-refractivity contribution is 0.0673. The van der Waals surface area contributed by atoms with Gasteiger partial charge in [0, 0.05) is 0 Å². The molecule has 1 N–H and O–H groups in total. The second kappa shape index (κ2) is 4.10. The fraction of sp³-hybridized carbons (Fsp3) is 1.00. The van der Waals surface area contributed by atoms with Crippen LogP contribution in [0, 0.1) is 11.8 Å². The Morgan fingerprint density at radius 1 is 1.00 bits per heavy atom. The molecule has 3 atom stereocenters. The van der Waals surface area contributed by atoms with Crippen molar-refractivity contribution in [1.82, 2.24) is 0 Å². The normalized spacial score (nSPS) is 39.0. The number of hydrogen-bond acceptors (Lipinski definition) is 1. The van der Waals surface area contributed by atoms with Gasteiger partial charge in [0.15, 0.2) is 0 Å². The number of aliphatic hydroxyl groups excluding tert-OH is 1. The van der Waals surface area contributed by atoms with Crippen LogP contribution in [0.15, 0.2) is 0 Å². The molecule has 0 saturated heterocycles. The lowest BCUT2D eigenvalue weighted by Gasteiger charge is -2.31. The van der Waals surface area contributed by atoms with Crippen LogP contribution in [0.2, 0.25) is 0 Å². The molecule has 0 aromatic carbocycles. The second-order valence-corrected chi connectivity index (χ2v) is 3.91. The van der Waals surface area contributed by atoms with Gasteiger partial charge in [-0.2, -0.15) is 0 Å². The quantitative estimate of drug-likeness (QED) is 0.651. The van der Waals surface area contributed by atoms with Crippen LogP contribution in [0.4, 0.5) is 0 Å². The maximum atomic E-state index is 9.51. The topological polar surface area (TPSA) is 20.2 Å². The van der Waals surface area contributed by atoms with Crippen LogP contribution in [-0.4, -0.2) is 11.2 Å². The zero-order chi connectivity index (χ0) is 8.27. The third kappa shape index (κ3) is 2.48. The summed E-state index contributed by atoms with van der Waals surface area (Å²) in [6.45, 7) is 4.46. The van der Waals surface area contributed by atoms with Gasteiger partial charge >= 0.3 is 0 Å². The van der Waals surface area contributed by atoms with Crippen molar-refractivity contribution in [1.29, 1.82) is 0 Å². The van der Waals surface area contributed by atoms with Crippen LogP contribution in [0.25, 0.3) is 0 Å². The first-order chi connectivity index (χ1) is 5.26. The molecule has 1 fully saturated rings. The Morgan fingerprint density at radius 2 is 1.45 bits per heavy atom. The van der Waals surface area contributed by atoms with Gasteiger partial charge in [0.25, 0.3) is 0 Å². The van der Waals surface area contributed by atoms with E-state index in [0.717, 1.165) is 24.7 Å². The first-order valence-electron chi connectivity index (χ1n) is 4.94. The Hall–Kier alpha value is -0.0400. The van der Waals surface area contributed by atoms with E-state index >= 15 is 0 Å². The summed E-state index contributed by atoms with van der Waals surface area (Å²) < 4.78 is 0. The smallest absolute Gasteiger partial charge is 0.0545 e.